The van der Waals surface area contributed by atoms with Crippen LogP contribution in [0.1, 0.15) is 37.7 Å². The van der Waals surface area contributed by atoms with E-state index < -0.39 is 0 Å². The Morgan fingerprint density at radius 2 is 1.81 bits per heavy atom. The van der Waals surface area contributed by atoms with E-state index in [-0.39, 0.29) is 5.92 Å². The van der Waals surface area contributed by atoms with E-state index in [1.54, 1.807) is 0 Å². The number of hydrogen-bond donors (Lipinski definition) is 1. The Bertz CT molecular complexity index is 450. The van der Waals surface area contributed by atoms with E-state index in [4.69, 9.17) is 0 Å². The van der Waals surface area contributed by atoms with E-state index in [1.807, 2.05) is 6.07 Å². The average Bonchev–Trinajstić information content (AvgIpc) is 2.51. The highest BCUT2D eigenvalue weighted by atomic mass is 16.2. The van der Waals surface area contributed by atoms with E-state index in [0.29, 0.717) is 5.91 Å². The molecule has 1 aromatic rings. The van der Waals surface area contributed by atoms with Crippen LogP contribution in [0.4, 0.5) is 0 Å². The molecule has 1 N–H and O–H groups in total. The standard InChI is InChI=1S/C18H26N2O/c21-18(17-9-11-19-12-10-17)20(14-16-7-4-8-16)13-15-5-2-1-3-6-15/h1-3,5-6,16-17,19H,4,7-14H2. The minimum absolute atomic E-state index is 0.232. The predicted octanol–water partition coefficient (Wildman–Crippen LogP) is 2.81. The Balaban J connectivity index is 1.66. The highest BCUT2D eigenvalue weighted by Gasteiger charge is 2.29. The molecule has 21 heavy (non-hydrogen) atoms. The Labute approximate surface area is 127 Å². The molecular weight excluding hydrogens is 260 g/mol. The number of carbonyl (C=O) groups excluding carboxylic acids is 1. The molecule has 3 nitrogen and oxygen atoms in total. The van der Waals surface area contributed by atoms with Crippen molar-refractivity contribution in [3.05, 3.63) is 35.9 Å². The molecule has 0 radical (unpaired) electrons. The van der Waals surface area contributed by atoms with Crippen LogP contribution in [0.15, 0.2) is 30.3 Å². The first-order valence-electron chi connectivity index (χ1n) is 8.36. The maximum Gasteiger partial charge on any atom is 0.226 e. The molecule has 0 aromatic heterocycles. The molecule has 1 heterocycles. The van der Waals surface area contributed by atoms with E-state index in [1.165, 1.54) is 24.8 Å². The van der Waals surface area contributed by atoms with Crippen molar-refractivity contribution >= 4 is 5.91 Å². The van der Waals surface area contributed by atoms with Crippen LogP contribution >= 0.6 is 0 Å². The van der Waals surface area contributed by atoms with Gasteiger partial charge in [0.05, 0.1) is 0 Å². The molecule has 1 aromatic carbocycles. The minimum atomic E-state index is 0.232. The van der Waals surface area contributed by atoms with Crippen LogP contribution < -0.4 is 5.32 Å². The summed E-state index contributed by atoms with van der Waals surface area (Å²) in [5.41, 5.74) is 1.25. The molecule has 1 aliphatic heterocycles. The topological polar surface area (TPSA) is 32.3 Å². The lowest BCUT2D eigenvalue weighted by Gasteiger charge is -2.35. The van der Waals surface area contributed by atoms with Gasteiger partial charge < -0.3 is 10.2 Å². The van der Waals surface area contributed by atoms with Gasteiger partial charge in [0.15, 0.2) is 0 Å². The molecule has 0 bridgehead atoms. The number of piperidine rings is 1. The second-order valence-electron chi connectivity index (χ2n) is 6.53. The molecule has 1 amide bonds. The van der Waals surface area contributed by atoms with Gasteiger partial charge in [0, 0.05) is 19.0 Å². The summed E-state index contributed by atoms with van der Waals surface area (Å²) < 4.78 is 0. The summed E-state index contributed by atoms with van der Waals surface area (Å²) >= 11 is 0. The number of carbonyl (C=O) groups is 1. The molecule has 1 aliphatic carbocycles. The second kappa shape index (κ2) is 7.08. The third-order valence-electron chi connectivity index (χ3n) is 4.92. The predicted molar refractivity (Wildman–Crippen MR) is 84.8 cm³/mol. The number of amides is 1. The zero-order valence-electron chi connectivity index (χ0n) is 12.8. The van der Waals surface area contributed by atoms with Crippen LogP contribution in [0, 0.1) is 11.8 Å². The van der Waals surface area contributed by atoms with Gasteiger partial charge in [-0.25, -0.2) is 0 Å². The molecule has 1 saturated carbocycles. The fourth-order valence-corrected chi connectivity index (χ4v) is 3.35. The molecule has 0 atom stereocenters. The van der Waals surface area contributed by atoms with Gasteiger partial charge in [0.25, 0.3) is 0 Å². The maximum atomic E-state index is 12.9. The summed E-state index contributed by atoms with van der Waals surface area (Å²) in [5.74, 6) is 1.35. The van der Waals surface area contributed by atoms with Crippen molar-refractivity contribution < 1.29 is 4.79 Å². The Kier molecular flexibility index (Phi) is 4.91. The van der Waals surface area contributed by atoms with Crippen LogP contribution in [0.25, 0.3) is 0 Å². The zero-order valence-corrected chi connectivity index (χ0v) is 12.8. The highest BCUT2D eigenvalue weighted by molar-refractivity contribution is 5.79. The molecule has 1 saturated heterocycles. The lowest BCUT2D eigenvalue weighted by molar-refractivity contribution is -0.138. The van der Waals surface area contributed by atoms with Gasteiger partial charge in [-0.15, -0.1) is 0 Å². The molecule has 114 valence electrons. The number of rotatable bonds is 5. The van der Waals surface area contributed by atoms with Crippen LogP contribution in [0.3, 0.4) is 0 Å². The molecule has 0 unspecified atom stereocenters. The molecule has 2 aliphatic rings. The van der Waals surface area contributed by atoms with Crippen molar-refractivity contribution in [2.45, 2.75) is 38.6 Å². The summed E-state index contributed by atoms with van der Waals surface area (Å²) in [6, 6.07) is 10.4. The van der Waals surface area contributed by atoms with Crippen molar-refractivity contribution in [1.82, 2.24) is 10.2 Å². The highest BCUT2D eigenvalue weighted by Crippen LogP contribution is 2.29. The SMILES string of the molecule is O=C(C1CCNCC1)N(Cc1ccccc1)CC1CCC1. The third kappa shape index (κ3) is 3.85. The van der Waals surface area contributed by atoms with E-state index in [2.05, 4.69) is 34.5 Å². The lowest BCUT2D eigenvalue weighted by Crippen LogP contribution is -2.43. The van der Waals surface area contributed by atoms with Gasteiger partial charge in [0.1, 0.15) is 0 Å². The van der Waals surface area contributed by atoms with Gasteiger partial charge in [-0.2, -0.15) is 0 Å². The summed E-state index contributed by atoms with van der Waals surface area (Å²) in [6.45, 7) is 3.70. The van der Waals surface area contributed by atoms with Crippen molar-refractivity contribution in [2.75, 3.05) is 19.6 Å². The van der Waals surface area contributed by atoms with Crippen LogP contribution in [0.5, 0.6) is 0 Å². The van der Waals surface area contributed by atoms with Gasteiger partial charge in [-0.1, -0.05) is 36.8 Å². The van der Waals surface area contributed by atoms with Crippen molar-refractivity contribution in [3.63, 3.8) is 0 Å². The Hall–Kier alpha value is -1.35. The summed E-state index contributed by atoms with van der Waals surface area (Å²) in [7, 11) is 0. The summed E-state index contributed by atoms with van der Waals surface area (Å²) in [6.07, 6.45) is 5.92. The van der Waals surface area contributed by atoms with E-state index in [0.717, 1.165) is 44.9 Å². The molecule has 2 fully saturated rings. The summed E-state index contributed by atoms with van der Waals surface area (Å²) in [5, 5.41) is 3.35. The minimum Gasteiger partial charge on any atom is -0.338 e. The fourth-order valence-electron chi connectivity index (χ4n) is 3.35. The van der Waals surface area contributed by atoms with Crippen molar-refractivity contribution in [2.24, 2.45) is 11.8 Å². The third-order valence-corrected chi connectivity index (χ3v) is 4.92. The first-order valence-corrected chi connectivity index (χ1v) is 8.36. The van der Waals surface area contributed by atoms with Gasteiger partial charge in [0.2, 0.25) is 5.91 Å². The second-order valence-corrected chi connectivity index (χ2v) is 6.53. The van der Waals surface area contributed by atoms with E-state index in [9.17, 15) is 4.79 Å². The first-order chi connectivity index (χ1) is 10.3. The van der Waals surface area contributed by atoms with Crippen molar-refractivity contribution in [3.8, 4) is 0 Å². The Morgan fingerprint density at radius 1 is 1.10 bits per heavy atom. The van der Waals surface area contributed by atoms with Gasteiger partial charge in [-0.05, 0) is 50.3 Å². The molecule has 0 spiro atoms. The van der Waals surface area contributed by atoms with Crippen molar-refractivity contribution in [1.29, 1.82) is 0 Å². The van der Waals surface area contributed by atoms with Crippen LogP contribution in [-0.2, 0) is 11.3 Å². The Morgan fingerprint density at radius 3 is 2.43 bits per heavy atom. The largest absolute Gasteiger partial charge is 0.338 e. The normalized spacial score (nSPS) is 20.0. The zero-order chi connectivity index (χ0) is 14.5. The number of nitrogens with one attached hydrogen (secondary N) is 1. The van der Waals surface area contributed by atoms with Crippen LogP contribution in [0.2, 0.25) is 0 Å². The summed E-state index contributed by atoms with van der Waals surface area (Å²) in [4.78, 5) is 15.0. The van der Waals surface area contributed by atoms with E-state index >= 15 is 0 Å². The molecule has 3 rings (SSSR count). The number of hydrogen-bond acceptors (Lipinski definition) is 2. The number of nitrogens with zero attached hydrogens (tertiary/aromatic N) is 1. The number of benzene rings is 1. The quantitative estimate of drug-likeness (QED) is 0.902. The molecule has 3 heteroatoms. The first kappa shape index (κ1) is 14.6. The van der Waals surface area contributed by atoms with Gasteiger partial charge in [-0.3, -0.25) is 4.79 Å². The molecular formula is C18H26N2O. The van der Waals surface area contributed by atoms with Crippen LogP contribution in [-0.4, -0.2) is 30.4 Å². The maximum absolute atomic E-state index is 12.9. The van der Waals surface area contributed by atoms with Gasteiger partial charge >= 0.3 is 0 Å². The monoisotopic (exact) mass is 286 g/mol. The average molecular weight is 286 g/mol. The lowest BCUT2D eigenvalue weighted by atomic mass is 9.84. The fraction of sp³-hybridized carbons (Fsp3) is 0.611. The smallest absolute Gasteiger partial charge is 0.226 e.